The van der Waals surface area contributed by atoms with Crippen LogP contribution in [0.15, 0.2) is 29.4 Å². The Morgan fingerprint density at radius 3 is 2.94 bits per heavy atom. The minimum Gasteiger partial charge on any atom is -0.330 e. The number of unbranched alkanes of at least 4 members (excludes halogenated alkanes) is 1. The van der Waals surface area contributed by atoms with E-state index in [1.165, 1.54) is 5.56 Å². The number of amides is 1. The fraction of sp³-hybridized carbons (Fsp3) is 0.429. The van der Waals surface area contributed by atoms with Crippen molar-refractivity contribution >= 4 is 12.1 Å². The molecule has 4 heteroatoms. The second kappa shape index (κ2) is 6.31. The Labute approximate surface area is 107 Å². The molecule has 1 atom stereocenters. The summed E-state index contributed by atoms with van der Waals surface area (Å²) >= 11 is 0. The number of hydrogen-bond acceptors (Lipinski definition) is 3. The highest BCUT2D eigenvalue weighted by atomic mass is 16.2. The molecule has 0 saturated heterocycles. The molecule has 18 heavy (non-hydrogen) atoms. The fourth-order valence-corrected chi connectivity index (χ4v) is 2.28. The van der Waals surface area contributed by atoms with Crippen LogP contribution in [0.25, 0.3) is 0 Å². The second-order valence-corrected chi connectivity index (χ2v) is 4.52. The third kappa shape index (κ3) is 2.96. The van der Waals surface area contributed by atoms with E-state index in [0.29, 0.717) is 6.42 Å². The van der Waals surface area contributed by atoms with Crippen molar-refractivity contribution in [2.45, 2.75) is 31.6 Å². The Kier molecular flexibility index (Phi) is 4.47. The first-order valence-electron chi connectivity index (χ1n) is 6.42. The Morgan fingerprint density at radius 2 is 2.17 bits per heavy atom. The fourth-order valence-electron chi connectivity index (χ4n) is 2.28. The van der Waals surface area contributed by atoms with E-state index >= 15 is 0 Å². The van der Waals surface area contributed by atoms with Gasteiger partial charge < -0.3 is 5.73 Å². The summed E-state index contributed by atoms with van der Waals surface area (Å²) in [6.45, 7) is 0.721. The number of rotatable bonds is 5. The van der Waals surface area contributed by atoms with Crippen molar-refractivity contribution in [1.82, 2.24) is 5.43 Å². The van der Waals surface area contributed by atoms with Gasteiger partial charge in [-0.3, -0.25) is 4.79 Å². The summed E-state index contributed by atoms with van der Waals surface area (Å²) < 4.78 is 0. The molecule has 0 bridgehead atoms. The minimum atomic E-state index is -0.100. The Morgan fingerprint density at radius 1 is 1.33 bits per heavy atom. The van der Waals surface area contributed by atoms with Crippen LogP contribution in [0, 0.1) is 0 Å². The first-order valence-corrected chi connectivity index (χ1v) is 6.42. The average Bonchev–Trinajstić information content (AvgIpc) is 2.40. The summed E-state index contributed by atoms with van der Waals surface area (Å²) in [5.74, 6) is -0.111. The third-order valence-corrected chi connectivity index (χ3v) is 3.25. The quantitative estimate of drug-likeness (QED) is 0.773. The van der Waals surface area contributed by atoms with E-state index in [1.807, 2.05) is 18.2 Å². The highest BCUT2D eigenvalue weighted by molar-refractivity contribution is 5.89. The van der Waals surface area contributed by atoms with Gasteiger partial charge in [-0.1, -0.05) is 24.3 Å². The zero-order chi connectivity index (χ0) is 12.8. The normalized spacial score (nSPS) is 18.7. The van der Waals surface area contributed by atoms with Crippen molar-refractivity contribution in [3.8, 4) is 0 Å². The molecular formula is C14H19N3O. The molecule has 4 nitrogen and oxygen atoms in total. The lowest BCUT2D eigenvalue weighted by molar-refractivity contribution is -0.122. The third-order valence-electron chi connectivity index (χ3n) is 3.25. The standard InChI is InChI=1S/C14H19N3O/c15-9-4-3-6-11-5-1-2-7-12(11)13-8-10-16-17-14(13)18/h1-2,5,7,10,13H,3-4,6,8-9,15H2,(H,17,18). The Balaban J connectivity index is 2.16. The van der Waals surface area contributed by atoms with Gasteiger partial charge in [0.15, 0.2) is 0 Å². The van der Waals surface area contributed by atoms with Gasteiger partial charge in [0, 0.05) is 12.6 Å². The lowest BCUT2D eigenvalue weighted by Gasteiger charge is -2.20. The van der Waals surface area contributed by atoms with Gasteiger partial charge in [0.05, 0.1) is 5.92 Å². The van der Waals surface area contributed by atoms with Crippen LogP contribution >= 0.6 is 0 Å². The van der Waals surface area contributed by atoms with E-state index in [-0.39, 0.29) is 11.8 Å². The minimum absolute atomic E-state index is 0.0104. The largest absolute Gasteiger partial charge is 0.330 e. The molecule has 1 heterocycles. The van der Waals surface area contributed by atoms with Crippen LogP contribution in [0.3, 0.4) is 0 Å². The van der Waals surface area contributed by atoms with Crippen molar-refractivity contribution in [3.63, 3.8) is 0 Å². The number of aryl methyl sites for hydroxylation is 1. The zero-order valence-electron chi connectivity index (χ0n) is 10.4. The van der Waals surface area contributed by atoms with Gasteiger partial charge in [-0.05, 0) is 36.9 Å². The molecule has 1 aromatic carbocycles. The number of hydrogen-bond donors (Lipinski definition) is 2. The van der Waals surface area contributed by atoms with Crippen LogP contribution in [0.1, 0.15) is 36.3 Å². The number of nitrogens with two attached hydrogens (primary N) is 1. The van der Waals surface area contributed by atoms with Crippen LogP contribution in [0.4, 0.5) is 0 Å². The molecule has 1 unspecified atom stereocenters. The number of nitrogens with zero attached hydrogens (tertiary/aromatic N) is 1. The van der Waals surface area contributed by atoms with E-state index in [0.717, 1.165) is 31.4 Å². The monoisotopic (exact) mass is 245 g/mol. The number of benzene rings is 1. The molecule has 0 fully saturated rings. The first kappa shape index (κ1) is 12.8. The molecule has 1 aliphatic rings. The molecule has 96 valence electrons. The molecule has 1 aromatic rings. The molecule has 0 aliphatic carbocycles. The van der Waals surface area contributed by atoms with Crippen LogP contribution < -0.4 is 11.2 Å². The molecule has 0 radical (unpaired) electrons. The number of carbonyl (C=O) groups excluding carboxylic acids is 1. The van der Waals surface area contributed by atoms with Crippen molar-refractivity contribution in [2.24, 2.45) is 10.8 Å². The van der Waals surface area contributed by atoms with E-state index in [9.17, 15) is 4.79 Å². The van der Waals surface area contributed by atoms with Gasteiger partial charge in [-0.25, -0.2) is 5.43 Å². The van der Waals surface area contributed by atoms with Crippen LogP contribution in [0.5, 0.6) is 0 Å². The highest BCUT2D eigenvalue weighted by Crippen LogP contribution is 2.25. The molecule has 0 saturated carbocycles. The highest BCUT2D eigenvalue weighted by Gasteiger charge is 2.23. The zero-order valence-corrected chi connectivity index (χ0v) is 10.4. The van der Waals surface area contributed by atoms with Crippen molar-refractivity contribution in [2.75, 3.05) is 6.54 Å². The number of carbonyl (C=O) groups is 1. The Bertz CT molecular complexity index is 442. The maximum absolute atomic E-state index is 11.8. The first-order chi connectivity index (χ1) is 8.83. The predicted octanol–water partition coefficient (Wildman–Crippen LogP) is 1.56. The smallest absolute Gasteiger partial charge is 0.247 e. The maximum Gasteiger partial charge on any atom is 0.247 e. The van der Waals surface area contributed by atoms with E-state index < -0.39 is 0 Å². The van der Waals surface area contributed by atoms with E-state index in [4.69, 9.17) is 5.73 Å². The predicted molar refractivity (Wildman–Crippen MR) is 72.4 cm³/mol. The van der Waals surface area contributed by atoms with Crippen LogP contribution in [-0.2, 0) is 11.2 Å². The molecular weight excluding hydrogens is 226 g/mol. The SMILES string of the molecule is NCCCCc1ccccc1C1CC=NNC1=O. The van der Waals surface area contributed by atoms with Gasteiger partial charge in [0.25, 0.3) is 0 Å². The van der Waals surface area contributed by atoms with E-state index in [1.54, 1.807) is 6.21 Å². The van der Waals surface area contributed by atoms with Gasteiger partial charge in [-0.2, -0.15) is 5.10 Å². The Hall–Kier alpha value is -1.68. The van der Waals surface area contributed by atoms with Crippen LogP contribution in [0.2, 0.25) is 0 Å². The summed E-state index contributed by atoms with van der Waals surface area (Å²) in [5.41, 5.74) is 10.4. The molecule has 0 spiro atoms. The van der Waals surface area contributed by atoms with Crippen molar-refractivity contribution in [1.29, 1.82) is 0 Å². The van der Waals surface area contributed by atoms with Crippen molar-refractivity contribution < 1.29 is 4.79 Å². The van der Waals surface area contributed by atoms with Gasteiger partial charge in [-0.15, -0.1) is 0 Å². The van der Waals surface area contributed by atoms with Crippen LogP contribution in [-0.4, -0.2) is 18.7 Å². The summed E-state index contributed by atoms with van der Waals surface area (Å²) in [7, 11) is 0. The number of nitrogens with one attached hydrogen (secondary N) is 1. The molecule has 3 N–H and O–H groups in total. The second-order valence-electron chi connectivity index (χ2n) is 4.52. The summed E-state index contributed by atoms with van der Waals surface area (Å²) in [6, 6.07) is 8.16. The number of hydrazone groups is 1. The lowest BCUT2D eigenvalue weighted by Crippen LogP contribution is -2.30. The molecule has 0 aromatic heterocycles. The molecule has 2 rings (SSSR count). The molecule has 1 amide bonds. The summed E-state index contributed by atoms with van der Waals surface area (Å²) in [4.78, 5) is 11.8. The average molecular weight is 245 g/mol. The van der Waals surface area contributed by atoms with E-state index in [2.05, 4.69) is 16.6 Å². The van der Waals surface area contributed by atoms with Gasteiger partial charge in [0.1, 0.15) is 0 Å². The lowest BCUT2D eigenvalue weighted by atomic mass is 9.89. The maximum atomic E-state index is 11.8. The van der Waals surface area contributed by atoms with Gasteiger partial charge in [0.2, 0.25) is 5.91 Å². The van der Waals surface area contributed by atoms with Crippen molar-refractivity contribution in [3.05, 3.63) is 35.4 Å². The summed E-state index contributed by atoms with van der Waals surface area (Å²) in [6.07, 6.45) is 5.51. The summed E-state index contributed by atoms with van der Waals surface area (Å²) in [5, 5.41) is 3.80. The topological polar surface area (TPSA) is 67.5 Å². The van der Waals surface area contributed by atoms with Gasteiger partial charge >= 0.3 is 0 Å². The molecule has 1 aliphatic heterocycles.